The van der Waals surface area contributed by atoms with Crippen molar-refractivity contribution in [3.63, 3.8) is 0 Å². The van der Waals surface area contributed by atoms with Crippen LogP contribution in [0.3, 0.4) is 0 Å². The molecule has 1 aliphatic heterocycles. The third-order valence-electron chi connectivity index (χ3n) is 3.18. The first-order chi connectivity index (χ1) is 7.68. The Morgan fingerprint density at radius 3 is 2.69 bits per heavy atom. The normalized spacial score (nSPS) is 18.1. The largest absolute Gasteiger partial charge is 0.352 e. The number of piperidine rings is 1. The fourth-order valence-corrected chi connectivity index (χ4v) is 2.16. The third-order valence-corrected chi connectivity index (χ3v) is 3.18. The molecule has 16 heavy (non-hydrogen) atoms. The molecule has 2 heterocycles. The van der Waals surface area contributed by atoms with Crippen molar-refractivity contribution in [2.75, 3.05) is 32.1 Å². The van der Waals surface area contributed by atoms with Gasteiger partial charge in [0.15, 0.2) is 5.82 Å². The van der Waals surface area contributed by atoms with Gasteiger partial charge in [0.2, 0.25) is 0 Å². The van der Waals surface area contributed by atoms with Gasteiger partial charge in [0.25, 0.3) is 5.56 Å². The Labute approximate surface area is 95.1 Å². The van der Waals surface area contributed by atoms with Gasteiger partial charge in [-0.05, 0) is 26.9 Å². The van der Waals surface area contributed by atoms with E-state index in [9.17, 15) is 4.79 Å². The lowest BCUT2D eigenvalue weighted by Crippen LogP contribution is -2.43. The first-order valence-electron chi connectivity index (χ1n) is 5.63. The molecule has 88 valence electrons. The van der Waals surface area contributed by atoms with Crippen molar-refractivity contribution < 1.29 is 0 Å². The molecule has 2 rings (SSSR count). The first-order valence-corrected chi connectivity index (χ1v) is 5.63. The Morgan fingerprint density at radius 1 is 1.44 bits per heavy atom. The fraction of sp³-hybridized carbons (Fsp3) is 0.636. The maximum absolute atomic E-state index is 11.6. The Bertz CT molecular complexity index is 393. The van der Waals surface area contributed by atoms with Crippen molar-refractivity contribution in [3.05, 3.63) is 22.7 Å². The van der Waals surface area contributed by atoms with Gasteiger partial charge in [-0.3, -0.25) is 4.79 Å². The predicted octanol–water partition coefficient (Wildman–Crippen LogP) is 0.300. The molecule has 0 aromatic carbocycles. The summed E-state index contributed by atoms with van der Waals surface area (Å²) in [5.74, 6) is 0.555. The van der Waals surface area contributed by atoms with Crippen LogP contribution in [0.1, 0.15) is 12.8 Å². The van der Waals surface area contributed by atoms with E-state index in [0.29, 0.717) is 11.9 Å². The van der Waals surface area contributed by atoms with Gasteiger partial charge in [-0.25, -0.2) is 4.98 Å². The number of aromatic amines is 1. The molecule has 0 aliphatic carbocycles. The minimum atomic E-state index is -0.0918. The topological polar surface area (TPSA) is 52.2 Å². The summed E-state index contributed by atoms with van der Waals surface area (Å²) in [5.41, 5.74) is -0.0918. The average Bonchev–Trinajstić information content (AvgIpc) is 2.30. The van der Waals surface area contributed by atoms with Gasteiger partial charge in [-0.2, -0.15) is 0 Å². The van der Waals surface area contributed by atoms with Crippen molar-refractivity contribution in [1.29, 1.82) is 0 Å². The van der Waals surface area contributed by atoms with Crippen LogP contribution in [-0.4, -0.2) is 48.1 Å². The molecule has 0 unspecified atom stereocenters. The van der Waals surface area contributed by atoms with Crippen LogP contribution in [0.4, 0.5) is 5.82 Å². The second-order valence-corrected chi connectivity index (χ2v) is 4.42. The van der Waals surface area contributed by atoms with Crippen LogP contribution in [0.25, 0.3) is 0 Å². The lowest BCUT2D eigenvalue weighted by Gasteiger charge is -2.35. The summed E-state index contributed by atoms with van der Waals surface area (Å²) in [7, 11) is 4.21. The minimum Gasteiger partial charge on any atom is -0.352 e. The molecule has 1 aromatic heterocycles. The Morgan fingerprint density at radius 2 is 2.12 bits per heavy atom. The Balaban J connectivity index is 2.05. The van der Waals surface area contributed by atoms with Gasteiger partial charge in [-0.1, -0.05) is 0 Å². The summed E-state index contributed by atoms with van der Waals surface area (Å²) >= 11 is 0. The van der Waals surface area contributed by atoms with Crippen molar-refractivity contribution in [2.45, 2.75) is 18.9 Å². The predicted molar refractivity (Wildman–Crippen MR) is 63.8 cm³/mol. The van der Waals surface area contributed by atoms with Crippen LogP contribution < -0.4 is 10.5 Å². The monoisotopic (exact) mass is 222 g/mol. The minimum absolute atomic E-state index is 0.0918. The highest BCUT2D eigenvalue weighted by Crippen LogP contribution is 2.16. The maximum Gasteiger partial charge on any atom is 0.290 e. The maximum atomic E-state index is 11.6. The second kappa shape index (κ2) is 4.65. The number of nitrogens with zero attached hydrogens (tertiary/aromatic N) is 3. The first kappa shape index (κ1) is 11.1. The van der Waals surface area contributed by atoms with Crippen molar-refractivity contribution in [2.24, 2.45) is 0 Å². The molecule has 0 radical (unpaired) electrons. The zero-order valence-electron chi connectivity index (χ0n) is 9.81. The van der Waals surface area contributed by atoms with Crippen LogP contribution in [0, 0.1) is 0 Å². The molecule has 0 atom stereocenters. The van der Waals surface area contributed by atoms with Gasteiger partial charge in [0.1, 0.15) is 0 Å². The van der Waals surface area contributed by atoms with E-state index in [1.807, 2.05) is 0 Å². The lowest BCUT2D eigenvalue weighted by atomic mass is 10.0. The van der Waals surface area contributed by atoms with Gasteiger partial charge < -0.3 is 14.8 Å². The van der Waals surface area contributed by atoms with Gasteiger partial charge >= 0.3 is 0 Å². The van der Waals surface area contributed by atoms with E-state index in [-0.39, 0.29) is 5.56 Å². The van der Waals surface area contributed by atoms with Gasteiger partial charge in [-0.15, -0.1) is 0 Å². The van der Waals surface area contributed by atoms with Crippen molar-refractivity contribution in [1.82, 2.24) is 14.9 Å². The number of anilines is 1. The molecular formula is C11H18N4O. The molecular weight excluding hydrogens is 204 g/mol. The van der Waals surface area contributed by atoms with E-state index in [1.165, 1.54) is 0 Å². The molecule has 0 amide bonds. The van der Waals surface area contributed by atoms with Crippen molar-refractivity contribution >= 4 is 5.82 Å². The van der Waals surface area contributed by atoms with E-state index < -0.39 is 0 Å². The summed E-state index contributed by atoms with van der Waals surface area (Å²) in [6.07, 6.45) is 5.37. The van der Waals surface area contributed by atoms with Crippen LogP contribution in [0.5, 0.6) is 0 Å². The standard InChI is InChI=1S/C11H18N4O/c1-14(2)9-3-7-15(8-4-9)10-11(16)13-6-5-12-10/h5-6,9H,3-4,7-8H2,1-2H3,(H,13,16). The SMILES string of the molecule is CN(C)C1CCN(c2ncc[nH]c2=O)CC1. The molecule has 5 heteroatoms. The molecule has 0 bridgehead atoms. The Hall–Kier alpha value is -1.36. The highest BCUT2D eigenvalue weighted by Gasteiger charge is 2.22. The van der Waals surface area contributed by atoms with Crippen molar-refractivity contribution in [3.8, 4) is 0 Å². The zero-order chi connectivity index (χ0) is 11.5. The second-order valence-electron chi connectivity index (χ2n) is 4.42. The number of aromatic nitrogens is 2. The lowest BCUT2D eigenvalue weighted by molar-refractivity contribution is 0.249. The van der Waals surface area contributed by atoms with E-state index in [4.69, 9.17) is 0 Å². The molecule has 1 saturated heterocycles. The average molecular weight is 222 g/mol. The smallest absolute Gasteiger partial charge is 0.290 e. The molecule has 1 fully saturated rings. The molecule has 0 saturated carbocycles. The van der Waals surface area contributed by atoms with E-state index in [1.54, 1.807) is 12.4 Å². The van der Waals surface area contributed by atoms with Crippen LogP contribution in [0.2, 0.25) is 0 Å². The number of rotatable bonds is 2. The van der Waals surface area contributed by atoms with E-state index >= 15 is 0 Å². The summed E-state index contributed by atoms with van der Waals surface area (Å²) in [6, 6.07) is 0.624. The van der Waals surface area contributed by atoms with E-state index in [2.05, 4.69) is 33.9 Å². The summed E-state index contributed by atoms with van der Waals surface area (Å²) in [4.78, 5) is 22.7. The zero-order valence-corrected chi connectivity index (χ0v) is 9.81. The molecule has 1 aromatic rings. The summed E-state index contributed by atoms with van der Waals surface area (Å²) in [6.45, 7) is 1.81. The van der Waals surface area contributed by atoms with Crippen LogP contribution in [-0.2, 0) is 0 Å². The molecule has 1 aliphatic rings. The van der Waals surface area contributed by atoms with Crippen LogP contribution in [0.15, 0.2) is 17.2 Å². The quantitative estimate of drug-likeness (QED) is 0.782. The number of H-pyrrole nitrogens is 1. The molecule has 5 nitrogen and oxygen atoms in total. The Kier molecular flexibility index (Phi) is 3.24. The van der Waals surface area contributed by atoms with E-state index in [0.717, 1.165) is 25.9 Å². The summed E-state index contributed by atoms with van der Waals surface area (Å²) < 4.78 is 0. The fourth-order valence-electron chi connectivity index (χ4n) is 2.16. The summed E-state index contributed by atoms with van der Waals surface area (Å²) in [5, 5.41) is 0. The third kappa shape index (κ3) is 2.24. The molecule has 1 N–H and O–H groups in total. The number of hydrogen-bond acceptors (Lipinski definition) is 4. The van der Waals surface area contributed by atoms with Crippen LogP contribution >= 0.6 is 0 Å². The number of nitrogens with one attached hydrogen (secondary N) is 1. The highest BCUT2D eigenvalue weighted by atomic mass is 16.1. The number of hydrogen-bond donors (Lipinski definition) is 1. The van der Waals surface area contributed by atoms with Gasteiger partial charge in [0.05, 0.1) is 0 Å². The highest BCUT2D eigenvalue weighted by molar-refractivity contribution is 5.35. The van der Waals surface area contributed by atoms with Gasteiger partial charge in [0, 0.05) is 31.5 Å². The molecule has 0 spiro atoms.